The van der Waals surface area contributed by atoms with E-state index in [1.54, 1.807) is 30.3 Å². The largest absolute Gasteiger partial charge is 0.441 e. The number of fused-ring (bicyclic) bond motifs is 2. The second-order valence-corrected chi connectivity index (χ2v) is 7.23. The van der Waals surface area contributed by atoms with Crippen molar-refractivity contribution in [1.82, 2.24) is 0 Å². The first-order valence-electron chi connectivity index (χ1n) is 7.84. The van der Waals surface area contributed by atoms with Gasteiger partial charge in [-0.1, -0.05) is 35.3 Å². The van der Waals surface area contributed by atoms with E-state index in [0.717, 1.165) is 11.1 Å². The lowest BCUT2D eigenvalue weighted by Crippen LogP contribution is -2.38. The summed E-state index contributed by atoms with van der Waals surface area (Å²) in [5.74, 6) is -1.12. The van der Waals surface area contributed by atoms with Gasteiger partial charge in [0, 0.05) is 16.0 Å². The van der Waals surface area contributed by atoms with Gasteiger partial charge in [-0.2, -0.15) is 0 Å². The standard InChI is InChI=1S/C19H14Cl2O4/c1-9-7-14-16(10(2)17(9)21)19(18(23)24-14)13(8-15(22)25-19)11-3-5-12(20)6-4-11/h3-7,13H,8H2,1-2H3/t13-,19+/m0/s1. The molecule has 2 aliphatic rings. The lowest BCUT2D eigenvalue weighted by molar-refractivity contribution is -0.166. The summed E-state index contributed by atoms with van der Waals surface area (Å²) in [6.45, 7) is 3.65. The predicted octanol–water partition coefficient (Wildman–Crippen LogP) is 4.46. The van der Waals surface area contributed by atoms with Crippen LogP contribution in [0.1, 0.15) is 34.6 Å². The summed E-state index contributed by atoms with van der Waals surface area (Å²) in [7, 11) is 0. The van der Waals surface area contributed by atoms with Crippen molar-refractivity contribution >= 4 is 35.1 Å². The van der Waals surface area contributed by atoms with E-state index in [9.17, 15) is 9.59 Å². The molecule has 2 atom stereocenters. The number of carbonyl (C=O) groups is 2. The summed E-state index contributed by atoms with van der Waals surface area (Å²) in [6, 6.07) is 8.76. The summed E-state index contributed by atoms with van der Waals surface area (Å²) < 4.78 is 11.1. The Morgan fingerprint density at radius 2 is 1.80 bits per heavy atom. The zero-order valence-electron chi connectivity index (χ0n) is 13.6. The van der Waals surface area contributed by atoms with Crippen molar-refractivity contribution in [2.45, 2.75) is 31.8 Å². The third kappa shape index (κ3) is 2.21. The first kappa shape index (κ1) is 16.4. The summed E-state index contributed by atoms with van der Waals surface area (Å²) in [5, 5.41) is 1.11. The summed E-state index contributed by atoms with van der Waals surface area (Å²) in [5.41, 5.74) is 1.32. The van der Waals surface area contributed by atoms with Crippen molar-refractivity contribution in [3.05, 3.63) is 62.6 Å². The summed E-state index contributed by atoms with van der Waals surface area (Å²) in [4.78, 5) is 25.0. The molecule has 4 rings (SSSR count). The fourth-order valence-corrected chi connectivity index (χ4v) is 4.08. The van der Waals surface area contributed by atoms with Crippen LogP contribution in [0, 0.1) is 13.8 Å². The molecule has 2 aromatic carbocycles. The predicted molar refractivity (Wildman–Crippen MR) is 93.1 cm³/mol. The maximum absolute atomic E-state index is 12.9. The van der Waals surface area contributed by atoms with Crippen molar-refractivity contribution in [2.75, 3.05) is 0 Å². The molecule has 1 fully saturated rings. The Morgan fingerprint density at radius 1 is 1.12 bits per heavy atom. The molecule has 0 bridgehead atoms. The molecule has 4 nitrogen and oxygen atoms in total. The molecule has 2 heterocycles. The Kier molecular flexibility index (Phi) is 3.60. The van der Waals surface area contributed by atoms with E-state index in [0.29, 0.717) is 26.9 Å². The smallest absolute Gasteiger partial charge is 0.361 e. The molecule has 1 spiro atoms. The first-order chi connectivity index (χ1) is 11.8. The molecule has 2 aliphatic heterocycles. The van der Waals surface area contributed by atoms with E-state index in [-0.39, 0.29) is 6.42 Å². The highest BCUT2D eigenvalue weighted by Crippen LogP contribution is 2.56. The van der Waals surface area contributed by atoms with E-state index in [1.807, 2.05) is 13.8 Å². The second kappa shape index (κ2) is 5.48. The zero-order valence-corrected chi connectivity index (χ0v) is 15.1. The van der Waals surface area contributed by atoms with Crippen molar-refractivity contribution in [3.8, 4) is 5.75 Å². The van der Waals surface area contributed by atoms with Crippen LogP contribution < -0.4 is 4.74 Å². The number of benzene rings is 2. The lowest BCUT2D eigenvalue weighted by atomic mass is 9.76. The van der Waals surface area contributed by atoms with Crippen LogP contribution in [0.3, 0.4) is 0 Å². The highest BCUT2D eigenvalue weighted by Gasteiger charge is 2.63. The number of hydrogen-bond acceptors (Lipinski definition) is 4. The minimum absolute atomic E-state index is 0.0844. The van der Waals surface area contributed by atoms with Gasteiger partial charge in [0.05, 0.1) is 12.0 Å². The van der Waals surface area contributed by atoms with Crippen LogP contribution in [0.4, 0.5) is 0 Å². The van der Waals surface area contributed by atoms with Crippen molar-refractivity contribution < 1.29 is 19.1 Å². The number of hydrogen-bond donors (Lipinski definition) is 0. The highest BCUT2D eigenvalue weighted by atomic mass is 35.5. The molecule has 0 amide bonds. The monoisotopic (exact) mass is 376 g/mol. The van der Waals surface area contributed by atoms with Gasteiger partial charge < -0.3 is 9.47 Å². The van der Waals surface area contributed by atoms with E-state index < -0.39 is 23.5 Å². The Balaban J connectivity index is 1.97. The van der Waals surface area contributed by atoms with Crippen molar-refractivity contribution in [2.24, 2.45) is 0 Å². The fraction of sp³-hybridized carbons (Fsp3) is 0.263. The average Bonchev–Trinajstić information content (AvgIpc) is 3.04. The third-order valence-electron chi connectivity index (χ3n) is 4.93. The normalized spacial score (nSPS) is 24.4. The lowest BCUT2D eigenvalue weighted by Gasteiger charge is -2.27. The van der Waals surface area contributed by atoms with Gasteiger partial charge in [-0.15, -0.1) is 0 Å². The quantitative estimate of drug-likeness (QED) is 0.544. The average molecular weight is 377 g/mol. The van der Waals surface area contributed by atoms with Gasteiger partial charge in [0.15, 0.2) is 0 Å². The highest BCUT2D eigenvalue weighted by molar-refractivity contribution is 6.32. The van der Waals surface area contributed by atoms with Crippen LogP contribution in [0.5, 0.6) is 5.75 Å². The number of rotatable bonds is 1. The molecule has 25 heavy (non-hydrogen) atoms. The number of ether oxygens (including phenoxy) is 2. The number of aryl methyl sites for hydroxylation is 1. The Labute approximate surface area is 154 Å². The maximum atomic E-state index is 12.9. The number of halogens is 2. The number of esters is 2. The Hall–Kier alpha value is -2.04. The number of carbonyl (C=O) groups excluding carboxylic acids is 2. The summed E-state index contributed by atoms with van der Waals surface area (Å²) >= 11 is 12.4. The van der Waals surface area contributed by atoms with Crippen LogP contribution in [-0.2, 0) is 19.9 Å². The minimum atomic E-state index is -1.50. The van der Waals surface area contributed by atoms with Gasteiger partial charge in [0.2, 0.25) is 5.60 Å². The fourth-order valence-electron chi connectivity index (χ4n) is 3.80. The van der Waals surface area contributed by atoms with Crippen molar-refractivity contribution in [3.63, 3.8) is 0 Å². The van der Waals surface area contributed by atoms with E-state index in [1.165, 1.54) is 0 Å². The van der Waals surface area contributed by atoms with Gasteiger partial charge in [-0.3, -0.25) is 4.79 Å². The van der Waals surface area contributed by atoms with Crippen LogP contribution in [0.2, 0.25) is 10.0 Å². The van der Waals surface area contributed by atoms with Crippen LogP contribution in [0.25, 0.3) is 0 Å². The van der Waals surface area contributed by atoms with Crippen molar-refractivity contribution in [1.29, 1.82) is 0 Å². The maximum Gasteiger partial charge on any atom is 0.361 e. The topological polar surface area (TPSA) is 52.6 Å². The molecule has 1 saturated heterocycles. The second-order valence-electron chi connectivity index (χ2n) is 6.41. The molecule has 0 aliphatic carbocycles. The molecule has 0 N–H and O–H groups in total. The third-order valence-corrected chi connectivity index (χ3v) is 5.76. The molecule has 0 radical (unpaired) electrons. The van der Waals surface area contributed by atoms with Crippen LogP contribution in [-0.4, -0.2) is 11.9 Å². The molecular formula is C19H14Cl2O4. The van der Waals surface area contributed by atoms with E-state index in [4.69, 9.17) is 32.7 Å². The van der Waals surface area contributed by atoms with Gasteiger partial charge in [0.1, 0.15) is 5.75 Å². The van der Waals surface area contributed by atoms with Gasteiger partial charge in [-0.05, 0) is 48.7 Å². The van der Waals surface area contributed by atoms with Crippen LogP contribution >= 0.6 is 23.2 Å². The Bertz CT molecular complexity index is 920. The molecular weight excluding hydrogens is 363 g/mol. The van der Waals surface area contributed by atoms with Gasteiger partial charge in [-0.25, -0.2) is 4.79 Å². The van der Waals surface area contributed by atoms with E-state index >= 15 is 0 Å². The first-order valence-corrected chi connectivity index (χ1v) is 8.60. The van der Waals surface area contributed by atoms with Crippen LogP contribution in [0.15, 0.2) is 30.3 Å². The molecule has 6 heteroatoms. The summed E-state index contributed by atoms with van der Waals surface area (Å²) in [6.07, 6.45) is 0.0844. The SMILES string of the molecule is Cc1cc2c(c(C)c1Cl)[C@@]1(OC(=O)C[C@H]1c1ccc(Cl)cc1)C(=O)O2. The molecule has 2 aromatic rings. The Morgan fingerprint density at radius 3 is 2.48 bits per heavy atom. The molecule has 0 unspecified atom stereocenters. The minimum Gasteiger partial charge on any atom is -0.441 e. The molecule has 128 valence electrons. The zero-order chi connectivity index (χ0) is 17.9. The molecule has 0 aromatic heterocycles. The molecule has 0 saturated carbocycles. The van der Waals surface area contributed by atoms with E-state index in [2.05, 4.69) is 0 Å². The van der Waals surface area contributed by atoms with Gasteiger partial charge >= 0.3 is 11.9 Å². The van der Waals surface area contributed by atoms with Gasteiger partial charge in [0.25, 0.3) is 0 Å².